The van der Waals surface area contributed by atoms with Gasteiger partial charge in [0.2, 0.25) is 5.91 Å². The van der Waals surface area contributed by atoms with Crippen molar-refractivity contribution in [1.29, 1.82) is 0 Å². The van der Waals surface area contributed by atoms with Crippen molar-refractivity contribution in [3.63, 3.8) is 0 Å². The van der Waals surface area contributed by atoms with E-state index in [2.05, 4.69) is 41.8 Å². The highest BCUT2D eigenvalue weighted by Gasteiger charge is 2.40. The predicted molar refractivity (Wildman–Crippen MR) is 168 cm³/mol. The zero-order valence-electron chi connectivity index (χ0n) is 27.1. The van der Waals surface area contributed by atoms with Gasteiger partial charge in [-0.3, -0.25) is 9.69 Å². The van der Waals surface area contributed by atoms with Crippen molar-refractivity contribution in [1.82, 2.24) is 14.7 Å². The third kappa shape index (κ3) is 8.46. The van der Waals surface area contributed by atoms with Gasteiger partial charge < -0.3 is 9.80 Å². The molecule has 0 unspecified atom stereocenters. The van der Waals surface area contributed by atoms with Gasteiger partial charge in [0.25, 0.3) is 0 Å². The number of nitrogens with zero attached hydrogens (tertiary/aromatic N) is 3. The molecule has 254 valence electrons. The van der Waals surface area contributed by atoms with E-state index in [0.29, 0.717) is 31.3 Å². The first kappa shape index (κ1) is 34.7. The Balaban J connectivity index is 1.35. The van der Waals surface area contributed by atoms with Crippen molar-refractivity contribution in [2.45, 2.75) is 102 Å². The maximum Gasteiger partial charge on any atom is 0.416 e. The van der Waals surface area contributed by atoms with Gasteiger partial charge in [0.15, 0.2) is 0 Å². The number of hydrogen-bond donors (Lipinski definition) is 0. The molecule has 2 saturated heterocycles. The second-order valence-electron chi connectivity index (χ2n) is 13.9. The van der Waals surface area contributed by atoms with Crippen molar-refractivity contribution in [2.24, 2.45) is 0 Å². The van der Waals surface area contributed by atoms with Crippen LogP contribution in [0.3, 0.4) is 0 Å². The summed E-state index contributed by atoms with van der Waals surface area (Å²) in [6.07, 6.45) is -0.578. The van der Waals surface area contributed by atoms with Crippen LogP contribution in [0.4, 0.5) is 26.3 Å². The number of amides is 1. The van der Waals surface area contributed by atoms with Crippen molar-refractivity contribution < 1.29 is 31.1 Å². The van der Waals surface area contributed by atoms with E-state index in [1.165, 1.54) is 37.7 Å². The minimum atomic E-state index is -4.96. The monoisotopic (exact) mass is 651 g/mol. The molecule has 1 aliphatic carbocycles. The molecular formula is C36H47F6N3O. The van der Waals surface area contributed by atoms with Gasteiger partial charge >= 0.3 is 12.4 Å². The molecule has 5 rings (SSSR count). The van der Waals surface area contributed by atoms with Crippen molar-refractivity contribution in [3.05, 3.63) is 69.8 Å². The summed E-state index contributed by atoms with van der Waals surface area (Å²) in [4.78, 5) is 20.6. The average Bonchev–Trinajstić information content (AvgIpc) is 3.25. The van der Waals surface area contributed by atoms with Crippen LogP contribution in [0.15, 0.2) is 36.4 Å². The number of likely N-dealkylation sites (tertiary alicyclic amines) is 1. The molecule has 0 N–H and O–H groups in total. The molecule has 46 heavy (non-hydrogen) atoms. The van der Waals surface area contributed by atoms with Crippen LogP contribution < -0.4 is 0 Å². The van der Waals surface area contributed by atoms with Crippen LogP contribution >= 0.6 is 0 Å². The number of benzene rings is 2. The topological polar surface area (TPSA) is 26.8 Å². The molecule has 4 nitrogen and oxygen atoms in total. The summed E-state index contributed by atoms with van der Waals surface area (Å²) in [7, 11) is 0. The lowest BCUT2D eigenvalue weighted by Crippen LogP contribution is -2.52. The molecule has 2 aromatic rings. The van der Waals surface area contributed by atoms with E-state index in [-0.39, 0.29) is 17.0 Å². The highest BCUT2D eigenvalue weighted by molar-refractivity contribution is 5.79. The Morgan fingerprint density at radius 3 is 2.04 bits per heavy atom. The van der Waals surface area contributed by atoms with Crippen LogP contribution in [0.2, 0.25) is 0 Å². The Labute approximate surface area is 269 Å². The quantitative estimate of drug-likeness (QED) is 0.283. The van der Waals surface area contributed by atoms with E-state index >= 15 is 0 Å². The van der Waals surface area contributed by atoms with Crippen molar-refractivity contribution in [3.8, 4) is 0 Å². The molecule has 10 heteroatoms. The van der Waals surface area contributed by atoms with Crippen LogP contribution in [0.1, 0.15) is 91.2 Å². The van der Waals surface area contributed by atoms with Gasteiger partial charge in [0.05, 0.1) is 17.5 Å². The smallest absolute Gasteiger partial charge is 0.342 e. The minimum Gasteiger partial charge on any atom is -0.342 e. The lowest BCUT2D eigenvalue weighted by atomic mass is 9.73. The highest BCUT2D eigenvalue weighted by atomic mass is 19.4. The Bertz CT molecular complexity index is 1310. The number of aryl methyl sites for hydroxylation is 2. The summed E-state index contributed by atoms with van der Waals surface area (Å²) in [6, 6.07) is 8.60. The van der Waals surface area contributed by atoms with Gasteiger partial charge in [-0.1, -0.05) is 43.9 Å². The average molecular weight is 652 g/mol. The van der Waals surface area contributed by atoms with E-state index in [1.54, 1.807) is 4.90 Å². The molecule has 1 atom stereocenters. The normalized spacial score (nSPS) is 23.0. The van der Waals surface area contributed by atoms with E-state index in [0.717, 1.165) is 69.5 Å². The number of carbonyl (C=O) groups is 1. The molecule has 2 aromatic carbocycles. The second kappa shape index (κ2) is 14.3. The van der Waals surface area contributed by atoms with Crippen LogP contribution in [-0.4, -0.2) is 72.5 Å². The highest BCUT2D eigenvalue weighted by Crippen LogP contribution is 2.40. The molecule has 1 amide bonds. The molecule has 1 saturated carbocycles. The third-order valence-electron chi connectivity index (χ3n) is 10.7. The summed E-state index contributed by atoms with van der Waals surface area (Å²) in [5.74, 6) is -0.441. The summed E-state index contributed by atoms with van der Waals surface area (Å²) in [5, 5.41) is 0. The van der Waals surface area contributed by atoms with Crippen molar-refractivity contribution >= 4 is 5.91 Å². The van der Waals surface area contributed by atoms with Crippen LogP contribution in [0.25, 0.3) is 0 Å². The standard InChI is InChI=1S/C36H47F6N3O/c1-26-10-11-29(20-27(26)2)34(13-15-43-16-18-44(19-17-43)32-8-4-3-5-9-32)12-6-7-14-45(25-34)33(46)23-28-21-30(35(37,38)39)24-31(22-28)36(40,41)42/h10-11,20-22,24,32H,3-9,12-19,23,25H2,1-2H3/t34-/m0/s1. The van der Waals surface area contributed by atoms with E-state index in [4.69, 9.17) is 0 Å². The SMILES string of the molecule is Cc1ccc([C@]2(CCN3CCN(C4CCCCC4)CC3)CCCCN(C(=O)Cc3cc(C(F)(F)F)cc(C(F)(F)F)c3)C2)cc1C. The Hall–Kier alpha value is -2.59. The number of halogens is 6. The van der Waals surface area contributed by atoms with Gasteiger partial charge in [0.1, 0.15) is 0 Å². The van der Waals surface area contributed by atoms with Crippen LogP contribution in [0, 0.1) is 13.8 Å². The van der Waals surface area contributed by atoms with E-state index in [1.807, 2.05) is 0 Å². The minimum absolute atomic E-state index is 0.111. The van der Waals surface area contributed by atoms with Gasteiger partial charge in [-0.15, -0.1) is 0 Å². The maximum atomic E-state index is 13.7. The number of piperazine rings is 1. The summed E-state index contributed by atoms with van der Waals surface area (Å²) in [5.41, 5.74) is 0.0468. The second-order valence-corrected chi connectivity index (χ2v) is 13.9. The number of alkyl halides is 6. The molecule has 3 aliphatic rings. The first-order valence-electron chi connectivity index (χ1n) is 16.8. The summed E-state index contributed by atoms with van der Waals surface area (Å²) in [6.45, 7) is 9.94. The Morgan fingerprint density at radius 1 is 0.783 bits per heavy atom. The molecule has 0 aromatic heterocycles. The Morgan fingerprint density at radius 2 is 1.43 bits per heavy atom. The first-order chi connectivity index (χ1) is 21.7. The number of hydrogen-bond acceptors (Lipinski definition) is 3. The van der Waals surface area contributed by atoms with Crippen LogP contribution in [0.5, 0.6) is 0 Å². The molecule has 3 fully saturated rings. The molecule has 0 radical (unpaired) electrons. The van der Waals surface area contributed by atoms with Gasteiger partial charge in [-0.2, -0.15) is 26.3 Å². The van der Waals surface area contributed by atoms with Crippen molar-refractivity contribution in [2.75, 3.05) is 45.8 Å². The van der Waals surface area contributed by atoms with E-state index < -0.39 is 35.8 Å². The third-order valence-corrected chi connectivity index (χ3v) is 10.7. The predicted octanol–water partition coefficient (Wildman–Crippen LogP) is 8.17. The Kier molecular flexibility index (Phi) is 10.8. The lowest BCUT2D eigenvalue weighted by Gasteiger charge is -2.43. The fourth-order valence-corrected chi connectivity index (χ4v) is 7.74. The first-order valence-corrected chi connectivity index (χ1v) is 16.8. The molecular weight excluding hydrogens is 604 g/mol. The van der Waals surface area contributed by atoms with Gasteiger partial charge in [-0.25, -0.2) is 0 Å². The van der Waals surface area contributed by atoms with E-state index in [9.17, 15) is 31.1 Å². The fourth-order valence-electron chi connectivity index (χ4n) is 7.74. The number of rotatable bonds is 7. The fraction of sp³-hybridized carbons (Fsp3) is 0.639. The zero-order chi connectivity index (χ0) is 33.1. The largest absolute Gasteiger partial charge is 0.416 e. The summed E-state index contributed by atoms with van der Waals surface area (Å²) >= 11 is 0. The lowest BCUT2D eigenvalue weighted by molar-refractivity contribution is -0.143. The van der Waals surface area contributed by atoms with Crippen LogP contribution in [-0.2, 0) is 29.0 Å². The number of carbonyl (C=O) groups excluding carboxylic acids is 1. The molecule has 2 aliphatic heterocycles. The summed E-state index contributed by atoms with van der Waals surface area (Å²) < 4.78 is 81.1. The van der Waals surface area contributed by atoms with Gasteiger partial charge in [-0.05, 0) is 92.9 Å². The molecule has 0 bridgehead atoms. The molecule has 0 spiro atoms. The zero-order valence-corrected chi connectivity index (χ0v) is 27.1. The van der Waals surface area contributed by atoms with Gasteiger partial charge in [0, 0.05) is 50.7 Å². The molecule has 2 heterocycles. The maximum absolute atomic E-state index is 13.7.